The maximum absolute atomic E-state index is 12.5. The van der Waals surface area contributed by atoms with E-state index in [-0.39, 0.29) is 24.1 Å². The maximum Gasteiger partial charge on any atom is 0.244 e. The first-order valence-electron chi connectivity index (χ1n) is 7.50. The van der Waals surface area contributed by atoms with Gasteiger partial charge in [-0.25, -0.2) is 0 Å². The summed E-state index contributed by atoms with van der Waals surface area (Å²) in [5.41, 5.74) is 0.992. The van der Waals surface area contributed by atoms with Gasteiger partial charge in [0, 0.05) is 24.9 Å². The Hall–Kier alpha value is -1.39. The highest BCUT2D eigenvalue weighted by Crippen LogP contribution is 2.22. The third kappa shape index (κ3) is 2.72. The Morgan fingerprint density at radius 2 is 2.10 bits per heavy atom. The molecule has 4 nitrogen and oxygen atoms in total. The molecule has 108 valence electrons. The normalized spacial score (nSPS) is 28.1. The van der Waals surface area contributed by atoms with Crippen molar-refractivity contribution in [3.8, 4) is 0 Å². The monoisotopic (exact) mass is 274 g/mol. The summed E-state index contributed by atoms with van der Waals surface area (Å²) in [5, 5.41) is 3.45. The largest absolute Gasteiger partial charge is 0.377 e. The van der Waals surface area contributed by atoms with Gasteiger partial charge in [0.15, 0.2) is 0 Å². The molecule has 0 unspecified atom stereocenters. The van der Waals surface area contributed by atoms with Gasteiger partial charge in [0.05, 0.1) is 12.1 Å². The van der Waals surface area contributed by atoms with Gasteiger partial charge in [-0.2, -0.15) is 0 Å². The lowest BCUT2D eigenvalue weighted by molar-refractivity contribution is -0.119. The number of nitrogens with one attached hydrogen (secondary N) is 1. The molecule has 0 radical (unpaired) electrons. The third-order valence-corrected chi connectivity index (χ3v) is 4.26. The molecule has 20 heavy (non-hydrogen) atoms. The molecule has 0 saturated carbocycles. The summed E-state index contributed by atoms with van der Waals surface area (Å²) in [6.45, 7) is 3.76. The fourth-order valence-electron chi connectivity index (χ4n) is 3.12. The average Bonchev–Trinajstić information content (AvgIpc) is 3.11. The second kappa shape index (κ2) is 5.94. The zero-order chi connectivity index (χ0) is 13.9. The third-order valence-electron chi connectivity index (χ3n) is 4.26. The maximum atomic E-state index is 12.5. The van der Waals surface area contributed by atoms with E-state index in [0.29, 0.717) is 0 Å². The van der Waals surface area contributed by atoms with Crippen LogP contribution in [0.15, 0.2) is 30.3 Å². The van der Waals surface area contributed by atoms with Crippen LogP contribution in [0, 0.1) is 0 Å². The molecule has 2 fully saturated rings. The van der Waals surface area contributed by atoms with Crippen LogP contribution < -0.4 is 10.2 Å². The Labute approximate surface area is 120 Å². The summed E-state index contributed by atoms with van der Waals surface area (Å²) >= 11 is 0. The first kappa shape index (κ1) is 13.6. The topological polar surface area (TPSA) is 41.6 Å². The van der Waals surface area contributed by atoms with Gasteiger partial charge in [-0.15, -0.1) is 0 Å². The van der Waals surface area contributed by atoms with Gasteiger partial charge in [0.1, 0.15) is 0 Å². The van der Waals surface area contributed by atoms with Crippen LogP contribution in [-0.2, 0) is 9.53 Å². The first-order chi connectivity index (χ1) is 9.75. The molecule has 1 N–H and O–H groups in total. The van der Waals surface area contributed by atoms with Gasteiger partial charge in [-0.05, 0) is 38.3 Å². The molecule has 4 heteroatoms. The molecular weight excluding hydrogens is 252 g/mol. The molecule has 1 aromatic carbocycles. The second-order valence-corrected chi connectivity index (χ2v) is 5.67. The summed E-state index contributed by atoms with van der Waals surface area (Å²) < 4.78 is 5.68. The van der Waals surface area contributed by atoms with Crippen molar-refractivity contribution in [2.45, 2.75) is 44.4 Å². The van der Waals surface area contributed by atoms with Crippen molar-refractivity contribution >= 4 is 11.6 Å². The molecule has 2 heterocycles. The smallest absolute Gasteiger partial charge is 0.244 e. The molecule has 0 spiro atoms. The molecule has 2 aliphatic heterocycles. The zero-order valence-electron chi connectivity index (χ0n) is 11.9. The number of benzene rings is 1. The van der Waals surface area contributed by atoms with Crippen molar-refractivity contribution in [1.82, 2.24) is 5.32 Å². The van der Waals surface area contributed by atoms with Gasteiger partial charge in [0.2, 0.25) is 5.91 Å². The average molecular weight is 274 g/mol. The van der Waals surface area contributed by atoms with Crippen LogP contribution in [0.5, 0.6) is 0 Å². The number of carbonyl (C=O) groups is 1. The van der Waals surface area contributed by atoms with E-state index in [1.807, 2.05) is 35.2 Å². The molecule has 3 rings (SSSR count). The van der Waals surface area contributed by atoms with Gasteiger partial charge in [-0.3, -0.25) is 4.79 Å². The van der Waals surface area contributed by atoms with E-state index in [0.717, 1.165) is 38.1 Å². The Morgan fingerprint density at radius 3 is 2.80 bits per heavy atom. The number of hydrogen-bond donors (Lipinski definition) is 1. The number of para-hydroxylation sites is 1. The molecule has 1 amide bonds. The molecule has 3 atom stereocenters. The Morgan fingerprint density at radius 1 is 1.30 bits per heavy atom. The van der Waals surface area contributed by atoms with Crippen molar-refractivity contribution in [2.75, 3.05) is 18.1 Å². The van der Waals surface area contributed by atoms with Crippen molar-refractivity contribution in [3.05, 3.63) is 30.3 Å². The van der Waals surface area contributed by atoms with Crippen LogP contribution >= 0.6 is 0 Å². The van der Waals surface area contributed by atoms with E-state index in [2.05, 4.69) is 12.2 Å². The van der Waals surface area contributed by atoms with Crippen LogP contribution in [0.3, 0.4) is 0 Å². The lowest BCUT2D eigenvalue weighted by Gasteiger charge is -2.23. The highest BCUT2D eigenvalue weighted by Gasteiger charge is 2.35. The van der Waals surface area contributed by atoms with E-state index in [4.69, 9.17) is 4.74 Å². The van der Waals surface area contributed by atoms with Gasteiger partial charge >= 0.3 is 0 Å². The standard InChI is InChI=1S/C16H22N2O2/c1-12(15-8-5-11-20-15)17-14-9-10-18(16(14)19)13-6-3-2-4-7-13/h2-4,6-7,12,14-15,17H,5,8-11H2,1H3/t12-,14-,15+/m0/s1. The molecular formula is C16H22N2O2. The van der Waals surface area contributed by atoms with Crippen molar-refractivity contribution < 1.29 is 9.53 Å². The molecule has 1 aromatic rings. The zero-order valence-corrected chi connectivity index (χ0v) is 11.9. The minimum atomic E-state index is -0.0746. The predicted molar refractivity (Wildman–Crippen MR) is 78.8 cm³/mol. The Bertz CT molecular complexity index is 457. The van der Waals surface area contributed by atoms with Crippen LogP contribution in [0.4, 0.5) is 5.69 Å². The van der Waals surface area contributed by atoms with Crippen molar-refractivity contribution in [1.29, 1.82) is 0 Å². The quantitative estimate of drug-likeness (QED) is 0.912. The number of anilines is 1. The molecule has 0 aliphatic carbocycles. The summed E-state index contributed by atoms with van der Waals surface area (Å²) in [5.74, 6) is 0.182. The van der Waals surface area contributed by atoms with Gasteiger partial charge < -0.3 is 15.0 Å². The van der Waals surface area contributed by atoms with Gasteiger partial charge in [0.25, 0.3) is 0 Å². The summed E-state index contributed by atoms with van der Waals surface area (Å²) in [6.07, 6.45) is 3.35. The Balaban J connectivity index is 1.61. The lowest BCUT2D eigenvalue weighted by atomic mass is 10.1. The van der Waals surface area contributed by atoms with E-state index in [9.17, 15) is 4.79 Å². The van der Waals surface area contributed by atoms with E-state index >= 15 is 0 Å². The van der Waals surface area contributed by atoms with Crippen molar-refractivity contribution in [3.63, 3.8) is 0 Å². The fourth-order valence-corrected chi connectivity index (χ4v) is 3.12. The van der Waals surface area contributed by atoms with Crippen LogP contribution in [0.2, 0.25) is 0 Å². The minimum Gasteiger partial charge on any atom is -0.377 e. The minimum absolute atomic E-state index is 0.0746. The highest BCUT2D eigenvalue weighted by atomic mass is 16.5. The lowest BCUT2D eigenvalue weighted by Crippen LogP contribution is -2.47. The van der Waals surface area contributed by atoms with Crippen LogP contribution in [0.1, 0.15) is 26.2 Å². The van der Waals surface area contributed by atoms with Crippen LogP contribution in [0.25, 0.3) is 0 Å². The number of amides is 1. The molecule has 2 aliphatic rings. The Kier molecular flexibility index (Phi) is 4.03. The van der Waals surface area contributed by atoms with Crippen LogP contribution in [-0.4, -0.2) is 37.2 Å². The van der Waals surface area contributed by atoms with E-state index < -0.39 is 0 Å². The predicted octanol–water partition coefficient (Wildman–Crippen LogP) is 1.95. The number of rotatable bonds is 4. The van der Waals surface area contributed by atoms with E-state index in [1.165, 1.54) is 0 Å². The number of carbonyl (C=O) groups excluding carboxylic acids is 1. The number of hydrogen-bond acceptors (Lipinski definition) is 3. The summed E-state index contributed by atoms with van der Waals surface area (Å²) in [6, 6.07) is 10.1. The van der Waals surface area contributed by atoms with Crippen molar-refractivity contribution in [2.24, 2.45) is 0 Å². The second-order valence-electron chi connectivity index (χ2n) is 5.67. The highest BCUT2D eigenvalue weighted by molar-refractivity contribution is 5.99. The SMILES string of the molecule is C[C@H](N[C@H]1CCN(c2ccccc2)C1=O)[C@H]1CCCO1. The van der Waals surface area contributed by atoms with Gasteiger partial charge in [-0.1, -0.05) is 18.2 Å². The number of nitrogens with zero attached hydrogens (tertiary/aromatic N) is 1. The van der Waals surface area contributed by atoms with E-state index in [1.54, 1.807) is 0 Å². The first-order valence-corrected chi connectivity index (χ1v) is 7.50. The molecule has 0 bridgehead atoms. The summed E-state index contributed by atoms with van der Waals surface area (Å²) in [4.78, 5) is 14.4. The molecule has 2 saturated heterocycles. The summed E-state index contributed by atoms with van der Waals surface area (Å²) in [7, 11) is 0. The molecule has 0 aromatic heterocycles. The number of ether oxygens (including phenoxy) is 1. The fraction of sp³-hybridized carbons (Fsp3) is 0.562.